The van der Waals surface area contributed by atoms with E-state index in [2.05, 4.69) is 15.6 Å². The predicted octanol–water partition coefficient (Wildman–Crippen LogP) is 6.44. The molecule has 0 saturated carbocycles. The molecule has 206 valence electrons. The van der Waals surface area contributed by atoms with Crippen LogP contribution in [0.5, 0.6) is 0 Å². The third-order valence-corrected chi connectivity index (χ3v) is 7.14. The Labute approximate surface area is 233 Å². The van der Waals surface area contributed by atoms with E-state index in [4.69, 9.17) is 0 Å². The van der Waals surface area contributed by atoms with E-state index in [-0.39, 0.29) is 45.8 Å². The molecule has 3 aromatic carbocycles. The number of hydrogen-bond donors (Lipinski definition) is 2. The van der Waals surface area contributed by atoms with Gasteiger partial charge in [0.05, 0.1) is 11.1 Å². The molecule has 0 atom stereocenters. The highest BCUT2D eigenvalue weighted by atomic mass is 32.1. The fraction of sp³-hybridized carbons (Fsp3) is 0.200. The number of rotatable bonds is 10. The predicted molar refractivity (Wildman–Crippen MR) is 148 cm³/mol. The first-order chi connectivity index (χ1) is 19.0. The summed E-state index contributed by atoms with van der Waals surface area (Å²) in [5.74, 6) is -2.53. The zero-order valence-corrected chi connectivity index (χ0v) is 22.6. The van der Waals surface area contributed by atoms with Gasteiger partial charge in [0.15, 0.2) is 10.9 Å². The number of nitrogens with zero attached hydrogens (tertiary/aromatic N) is 1. The van der Waals surface area contributed by atoms with Crippen molar-refractivity contribution in [1.82, 2.24) is 10.3 Å². The molecule has 0 spiro atoms. The van der Waals surface area contributed by atoms with Crippen molar-refractivity contribution in [3.8, 4) is 11.3 Å². The molecule has 0 unspecified atom stereocenters. The molecule has 0 aliphatic rings. The Morgan fingerprint density at radius 1 is 0.825 bits per heavy atom. The van der Waals surface area contributed by atoms with Gasteiger partial charge in [-0.15, -0.1) is 0 Å². The minimum atomic E-state index is -1.15. The smallest absolute Gasteiger partial charge is 0.263 e. The van der Waals surface area contributed by atoms with Crippen LogP contribution in [0.4, 0.5) is 18.3 Å². The van der Waals surface area contributed by atoms with Gasteiger partial charge >= 0.3 is 0 Å². The summed E-state index contributed by atoms with van der Waals surface area (Å²) in [6.07, 6.45) is 0.327. The Hall–Kier alpha value is -4.31. The summed E-state index contributed by atoms with van der Waals surface area (Å²) in [5, 5.41) is 5.64. The number of anilines is 1. The Balaban J connectivity index is 1.50. The lowest BCUT2D eigenvalue weighted by Gasteiger charge is -2.22. The molecule has 0 radical (unpaired) electrons. The van der Waals surface area contributed by atoms with Crippen molar-refractivity contribution < 1.29 is 27.6 Å². The second-order valence-corrected chi connectivity index (χ2v) is 10.8. The summed E-state index contributed by atoms with van der Waals surface area (Å²) < 4.78 is 39.9. The van der Waals surface area contributed by atoms with E-state index < -0.39 is 28.9 Å². The summed E-state index contributed by atoms with van der Waals surface area (Å²) in [4.78, 5) is 43.6. The van der Waals surface area contributed by atoms with Crippen LogP contribution in [0.2, 0.25) is 0 Å². The Kier molecular flexibility index (Phi) is 8.79. The highest BCUT2D eigenvalue weighted by molar-refractivity contribution is 7.18. The van der Waals surface area contributed by atoms with E-state index in [0.717, 1.165) is 16.9 Å². The molecule has 2 N–H and O–H groups in total. The lowest BCUT2D eigenvalue weighted by Crippen LogP contribution is -2.33. The minimum absolute atomic E-state index is 0.135. The molecule has 0 saturated heterocycles. The lowest BCUT2D eigenvalue weighted by atomic mass is 9.84. The highest BCUT2D eigenvalue weighted by Crippen LogP contribution is 2.33. The zero-order chi connectivity index (χ0) is 28.9. The third-order valence-electron chi connectivity index (χ3n) is 6.17. The number of carbonyl (C=O) groups excluding carboxylic acids is 3. The number of carbonyl (C=O) groups is 3. The Morgan fingerprint density at radius 2 is 1.38 bits per heavy atom. The van der Waals surface area contributed by atoms with Crippen molar-refractivity contribution in [1.29, 1.82) is 0 Å². The topological polar surface area (TPSA) is 88.2 Å². The molecule has 0 bridgehead atoms. The molecule has 0 fully saturated rings. The number of Topliss-reactive ketones (excluding diaryl/α,β-unsaturated/α-hetero) is 1. The number of thiazole rings is 1. The molecular weight excluding hydrogens is 539 g/mol. The van der Waals surface area contributed by atoms with E-state index >= 15 is 0 Å². The van der Waals surface area contributed by atoms with Crippen LogP contribution in [0.25, 0.3) is 11.3 Å². The summed E-state index contributed by atoms with van der Waals surface area (Å²) in [5.41, 5.74) is 0.724. The summed E-state index contributed by atoms with van der Waals surface area (Å²) in [6, 6.07) is 16.5. The zero-order valence-electron chi connectivity index (χ0n) is 21.8. The highest BCUT2D eigenvalue weighted by Gasteiger charge is 2.32. The van der Waals surface area contributed by atoms with Crippen LogP contribution in [0, 0.1) is 22.9 Å². The van der Waals surface area contributed by atoms with Crippen LogP contribution in [-0.2, 0) is 11.2 Å². The summed E-state index contributed by atoms with van der Waals surface area (Å²) in [6.45, 7) is 3.47. The van der Waals surface area contributed by atoms with Gasteiger partial charge in [-0.2, -0.15) is 0 Å². The van der Waals surface area contributed by atoms with Crippen LogP contribution in [0.3, 0.4) is 0 Å². The monoisotopic (exact) mass is 565 g/mol. The first-order valence-electron chi connectivity index (χ1n) is 12.4. The largest absolute Gasteiger partial charge is 0.351 e. The summed E-state index contributed by atoms with van der Waals surface area (Å²) >= 11 is 0.951. The van der Waals surface area contributed by atoms with E-state index in [9.17, 15) is 27.6 Å². The Bertz CT molecular complexity index is 1520. The maximum atomic E-state index is 13.5. The average Bonchev–Trinajstić information content (AvgIpc) is 3.34. The number of halogens is 3. The maximum Gasteiger partial charge on any atom is 0.263 e. The fourth-order valence-electron chi connectivity index (χ4n) is 3.87. The van der Waals surface area contributed by atoms with Gasteiger partial charge in [-0.25, -0.2) is 18.2 Å². The van der Waals surface area contributed by atoms with Crippen molar-refractivity contribution in [3.05, 3.63) is 106 Å². The third kappa shape index (κ3) is 7.20. The molecule has 4 aromatic rings. The molecule has 1 heterocycles. The molecule has 40 heavy (non-hydrogen) atoms. The molecule has 0 aliphatic carbocycles. The van der Waals surface area contributed by atoms with E-state index in [1.807, 2.05) is 0 Å². The van der Waals surface area contributed by atoms with Crippen LogP contribution in [0.1, 0.15) is 45.9 Å². The first-order valence-corrected chi connectivity index (χ1v) is 13.2. The van der Waals surface area contributed by atoms with Gasteiger partial charge in [0.1, 0.15) is 22.3 Å². The van der Waals surface area contributed by atoms with Crippen molar-refractivity contribution in [2.45, 2.75) is 26.7 Å². The van der Waals surface area contributed by atoms with Crippen molar-refractivity contribution in [2.24, 2.45) is 5.41 Å². The van der Waals surface area contributed by atoms with Crippen molar-refractivity contribution in [2.75, 3.05) is 11.9 Å². The minimum Gasteiger partial charge on any atom is -0.351 e. The van der Waals surface area contributed by atoms with Gasteiger partial charge < -0.3 is 10.6 Å². The molecule has 10 heteroatoms. The second-order valence-electron chi connectivity index (χ2n) is 9.78. The first kappa shape index (κ1) is 28.7. The number of ketones is 1. The van der Waals surface area contributed by atoms with Crippen molar-refractivity contribution in [3.63, 3.8) is 0 Å². The van der Waals surface area contributed by atoms with Crippen LogP contribution >= 0.6 is 11.3 Å². The number of aromatic nitrogens is 1. The standard InChI is InChI=1S/C30H26F3N3O3S/c1-30(2,17-24(37)19-5-11-22(32)12-6-19)28(39)36-29-35-25(20-7-13-23(33)14-8-20)26(40-29)27(38)34-16-15-18-3-9-21(31)10-4-18/h3-14H,15-17H2,1-2H3,(H,34,38)(H,35,36,39). The molecule has 6 nitrogen and oxygen atoms in total. The number of benzene rings is 3. The quantitative estimate of drug-likeness (QED) is 0.217. The molecule has 4 rings (SSSR count). The van der Waals surface area contributed by atoms with Gasteiger partial charge in [0.25, 0.3) is 5.91 Å². The summed E-state index contributed by atoms with van der Waals surface area (Å²) in [7, 11) is 0. The van der Waals surface area contributed by atoms with Crippen LogP contribution < -0.4 is 10.6 Å². The maximum absolute atomic E-state index is 13.5. The number of hydrogen-bond acceptors (Lipinski definition) is 5. The van der Waals surface area contributed by atoms with Gasteiger partial charge in [0.2, 0.25) is 5.91 Å². The normalized spacial score (nSPS) is 11.2. The van der Waals surface area contributed by atoms with Gasteiger partial charge in [0, 0.05) is 24.1 Å². The molecule has 1 aromatic heterocycles. The molecule has 0 aliphatic heterocycles. The number of nitrogens with one attached hydrogen (secondary N) is 2. The molecule has 2 amide bonds. The van der Waals surface area contributed by atoms with Gasteiger partial charge in [-0.1, -0.05) is 37.3 Å². The lowest BCUT2D eigenvalue weighted by molar-refractivity contribution is -0.123. The van der Waals surface area contributed by atoms with Gasteiger partial charge in [-0.05, 0) is 72.6 Å². The Morgan fingerprint density at radius 3 is 1.98 bits per heavy atom. The van der Waals surface area contributed by atoms with E-state index in [0.29, 0.717) is 12.0 Å². The van der Waals surface area contributed by atoms with Crippen LogP contribution in [-0.4, -0.2) is 29.1 Å². The van der Waals surface area contributed by atoms with Gasteiger partial charge in [-0.3, -0.25) is 14.4 Å². The van der Waals surface area contributed by atoms with Crippen molar-refractivity contribution >= 4 is 34.1 Å². The van der Waals surface area contributed by atoms with Crippen LogP contribution in [0.15, 0.2) is 72.8 Å². The molecular formula is C30H26F3N3O3S. The second kappa shape index (κ2) is 12.3. The SMILES string of the molecule is CC(C)(CC(=O)c1ccc(F)cc1)C(=O)Nc1nc(-c2ccc(F)cc2)c(C(=O)NCCc2ccc(F)cc2)s1. The fourth-order valence-corrected chi connectivity index (χ4v) is 4.77. The average molecular weight is 566 g/mol. The van der Waals surface area contributed by atoms with E-state index in [1.54, 1.807) is 26.0 Å². The van der Waals surface area contributed by atoms with E-state index in [1.165, 1.54) is 60.7 Å². The number of amides is 2.